The zero-order valence-electron chi connectivity index (χ0n) is 12.0. The lowest BCUT2D eigenvalue weighted by Gasteiger charge is -2.28. The van der Waals surface area contributed by atoms with Gasteiger partial charge in [0.05, 0.1) is 7.11 Å². The maximum absolute atomic E-state index is 12.2. The molecule has 0 saturated carbocycles. The van der Waals surface area contributed by atoms with Crippen LogP contribution in [0.5, 0.6) is 11.5 Å². The van der Waals surface area contributed by atoms with Gasteiger partial charge in [0.2, 0.25) is 0 Å². The Labute approximate surface area is 119 Å². The monoisotopic (exact) mass is 278 g/mol. The van der Waals surface area contributed by atoms with Gasteiger partial charge in [-0.25, -0.2) is 0 Å². The Hall–Kier alpha value is -1.75. The molecule has 0 radical (unpaired) electrons. The second-order valence-electron chi connectivity index (χ2n) is 5.24. The average molecular weight is 278 g/mol. The minimum absolute atomic E-state index is 0.0188. The van der Waals surface area contributed by atoms with Gasteiger partial charge in [-0.1, -0.05) is 0 Å². The zero-order chi connectivity index (χ0) is 14.5. The van der Waals surface area contributed by atoms with Gasteiger partial charge in [-0.2, -0.15) is 0 Å². The van der Waals surface area contributed by atoms with Crippen molar-refractivity contribution in [3.05, 3.63) is 23.8 Å². The lowest BCUT2D eigenvalue weighted by molar-refractivity contribution is 0.0920. The Balaban J connectivity index is 1.98. The Morgan fingerprint density at radius 1 is 1.45 bits per heavy atom. The maximum Gasteiger partial charge on any atom is 0.251 e. The fourth-order valence-electron chi connectivity index (χ4n) is 2.58. The molecule has 0 aliphatic carbocycles. The molecule has 0 bridgehead atoms. The smallest absolute Gasteiger partial charge is 0.251 e. The second kappa shape index (κ2) is 6.61. The molecule has 1 fully saturated rings. The molecule has 1 amide bonds. The first-order valence-electron chi connectivity index (χ1n) is 7.00. The lowest BCUT2D eigenvalue weighted by Crippen LogP contribution is -2.42. The zero-order valence-corrected chi connectivity index (χ0v) is 12.0. The highest BCUT2D eigenvalue weighted by atomic mass is 16.5. The highest BCUT2D eigenvalue weighted by Crippen LogP contribution is 2.26. The van der Waals surface area contributed by atoms with Gasteiger partial charge in [-0.05, 0) is 57.0 Å². The molecule has 20 heavy (non-hydrogen) atoms. The van der Waals surface area contributed by atoms with Crippen LogP contribution in [0.1, 0.15) is 30.1 Å². The van der Waals surface area contributed by atoms with Crippen LogP contribution in [0, 0.1) is 5.92 Å². The van der Waals surface area contributed by atoms with Crippen molar-refractivity contribution in [1.29, 1.82) is 0 Å². The fourth-order valence-corrected chi connectivity index (χ4v) is 2.58. The van der Waals surface area contributed by atoms with Crippen molar-refractivity contribution in [1.82, 2.24) is 10.6 Å². The van der Waals surface area contributed by atoms with Crippen LogP contribution in [0.15, 0.2) is 18.2 Å². The van der Waals surface area contributed by atoms with E-state index in [2.05, 4.69) is 10.6 Å². The Morgan fingerprint density at radius 3 is 2.75 bits per heavy atom. The number of hydrogen-bond acceptors (Lipinski definition) is 4. The third-order valence-corrected chi connectivity index (χ3v) is 3.89. The summed E-state index contributed by atoms with van der Waals surface area (Å²) in [7, 11) is 1.48. The van der Waals surface area contributed by atoms with Gasteiger partial charge < -0.3 is 20.5 Å². The van der Waals surface area contributed by atoms with E-state index < -0.39 is 0 Å². The summed E-state index contributed by atoms with van der Waals surface area (Å²) >= 11 is 0. The number of ether oxygens (including phenoxy) is 1. The van der Waals surface area contributed by atoms with E-state index in [1.807, 2.05) is 6.92 Å². The van der Waals surface area contributed by atoms with Crippen molar-refractivity contribution in [2.24, 2.45) is 5.92 Å². The number of benzene rings is 1. The first kappa shape index (κ1) is 14.7. The van der Waals surface area contributed by atoms with E-state index in [9.17, 15) is 9.90 Å². The predicted molar refractivity (Wildman–Crippen MR) is 77.2 cm³/mol. The van der Waals surface area contributed by atoms with Crippen LogP contribution in [-0.2, 0) is 0 Å². The van der Waals surface area contributed by atoms with Crippen LogP contribution in [0.2, 0.25) is 0 Å². The fraction of sp³-hybridized carbons (Fsp3) is 0.533. The second-order valence-corrected chi connectivity index (χ2v) is 5.24. The molecule has 2 rings (SSSR count). The van der Waals surface area contributed by atoms with E-state index in [1.165, 1.54) is 13.2 Å². The van der Waals surface area contributed by atoms with Crippen LogP contribution >= 0.6 is 0 Å². The van der Waals surface area contributed by atoms with Crippen LogP contribution in [0.4, 0.5) is 0 Å². The summed E-state index contributed by atoms with van der Waals surface area (Å²) in [5, 5.41) is 16.0. The molecule has 0 aromatic heterocycles. The number of methoxy groups -OCH3 is 1. The molecule has 3 N–H and O–H groups in total. The Kier molecular flexibility index (Phi) is 4.84. The third kappa shape index (κ3) is 3.42. The molecule has 5 heteroatoms. The van der Waals surface area contributed by atoms with Gasteiger partial charge in [-0.15, -0.1) is 0 Å². The third-order valence-electron chi connectivity index (χ3n) is 3.89. The number of phenolic OH excluding ortho intramolecular Hbond substituents is 1. The number of carbonyl (C=O) groups is 1. The molecule has 1 unspecified atom stereocenters. The molecule has 1 saturated heterocycles. The van der Waals surface area contributed by atoms with Crippen molar-refractivity contribution in [3.63, 3.8) is 0 Å². The van der Waals surface area contributed by atoms with Crippen molar-refractivity contribution >= 4 is 5.91 Å². The number of aromatic hydroxyl groups is 1. The van der Waals surface area contributed by atoms with E-state index in [0.29, 0.717) is 17.2 Å². The number of piperidine rings is 1. The summed E-state index contributed by atoms with van der Waals surface area (Å²) in [4.78, 5) is 12.2. The number of carbonyl (C=O) groups excluding carboxylic acids is 1. The molecule has 0 spiro atoms. The van der Waals surface area contributed by atoms with Crippen LogP contribution in [0.3, 0.4) is 0 Å². The first-order chi connectivity index (χ1) is 9.61. The molecule has 1 aromatic rings. The van der Waals surface area contributed by atoms with E-state index in [1.54, 1.807) is 12.1 Å². The van der Waals surface area contributed by atoms with Crippen molar-refractivity contribution in [2.45, 2.75) is 25.8 Å². The Morgan fingerprint density at radius 2 is 2.15 bits per heavy atom. The minimum Gasteiger partial charge on any atom is -0.504 e. The highest BCUT2D eigenvalue weighted by molar-refractivity contribution is 5.95. The van der Waals surface area contributed by atoms with Gasteiger partial charge in [0.25, 0.3) is 5.91 Å². The summed E-state index contributed by atoms with van der Waals surface area (Å²) in [6.45, 7) is 4.06. The normalized spacial score (nSPS) is 17.5. The molecular weight excluding hydrogens is 256 g/mol. The van der Waals surface area contributed by atoms with E-state index >= 15 is 0 Å². The largest absolute Gasteiger partial charge is 0.504 e. The molecule has 1 aliphatic rings. The summed E-state index contributed by atoms with van der Waals surface area (Å²) in [5.74, 6) is 0.698. The van der Waals surface area contributed by atoms with Gasteiger partial charge in [0.1, 0.15) is 0 Å². The average Bonchev–Trinajstić information content (AvgIpc) is 2.48. The molecule has 1 atom stereocenters. The number of phenols is 1. The van der Waals surface area contributed by atoms with E-state index in [-0.39, 0.29) is 17.7 Å². The molecule has 5 nitrogen and oxygen atoms in total. The molecular formula is C15H22N2O3. The molecule has 1 heterocycles. The Bertz CT molecular complexity index is 470. The summed E-state index contributed by atoms with van der Waals surface area (Å²) in [6, 6.07) is 4.82. The maximum atomic E-state index is 12.2. The van der Waals surface area contributed by atoms with Gasteiger partial charge in [0, 0.05) is 11.6 Å². The summed E-state index contributed by atoms with van der Waals surface area (Å²) < 4.78 is 4.97. The number of rotatable bonds is 4. The van der Waals surface area contributed by atoms with E-state index in [0.717, 1.165) is 25.9 Å². The van der Waals surface area contributed by atoms with Crippen molar-refractivity contribution in [2.75, 3.05) is 20.2 Å². The topological polar surface area (TPSA) is 70.6 Å². The molecule has 110 valence electrons. The molecule has 1 aromatic carbocycles. The number of hydrogen-bond donors (Lipinski definition) is 3. The minimum atomic E-state index is -0.158. The molecule has 1 aliphatic heterocycles. The van der Waals surface area contributed by atoms with Crippen LogP contribution < -0.4 is 15.4 Å². The van der Waals surface area contributed by atoms with Crippen molar-refractivity contribution in [3.8, 4) is 11.5 Å². The lowest BCUT2D eigenvalue weighted by atomic mass is 9.91. The van der Waals surface area contributed by atoms with Gasteiger partial charge >= 0.3 is 0 Å². The standard InChI is InChI=1S/C15H22N2O3/c1-10(11-5-7-16-8-6-11)17-15(19)12-3-4-14(20-2)13(18)9-12/h3-4,9-11,16,18H,5-8H2,1-2H3,(H,17,19). The van der Waals surface area contributed by atoms with Crippen LogP contribution in [0.25, 0.3) is 0 Å². The van der Waals surface area contributed by atoms with Crippen LogP contribution in [-0.4, -0.2) is 37.3 Å². The van der Waals surface area contributed by atoms with Gasteiger partial charge in [-0.3, -0.25) is 4.79 Å². The quantitative estimate of drug-likeness (QED) is 0.781. The van der Waals surface area contributed by atoms with Gasteiger partial charge in [0.15, 0.2) is 11.5 Å². The SMILES string of the molecule is COc1ccc(C(=O)NC(C)C2CCNCC2)cc1O. The highest BCUT2D eigenvalue weighted by Gasteiger charge is 2.22. The summed E-state index contributed by atoms with van der Waals surface area (Å²) in [5.41, 5.74) is 0.448. The first-order valence-corrected chi connectivity index (χ1v) is 7.00. The number of nitrogens with one attached hydrogen (secondary N) is 2. The van der Waals surface area contributed by atoms with Crippen molar-refractivity contribution < 1.29 is 14.6 Å². The predicted octanol–water partition coefficient (Wildman–Crippen LogP) is 1.52. The van der Waals surface area contributed by atoms with E-state index in [4.69, 9.17) is 4.74 Å². The summed E-state index contributed by atoms with van der Waals surface area (Å²) in [6.07, 6.45) is 2.16. The number of amides is 1.